The summed E-state index contributed by atoms with van der Waals surface area (Å²) >= 11 is 0. The number of hydrogen-bond acceptors (Lipinski definition) is 4. The largest absolute Gasteiger partial charge is 0.364 e. The van der Waals surface area contributed by atoms with Crippen LogP contribution >= 0.6 is 0 Å². The molecule has 1 fully saturated rings. The van der Waals surface area contributed by atoms with E-state index in [4.69, 9.17) is 4.52 Å². The molecule has 0 atom stereocenters. The topological polar surface area (TPSA) is 62.1 Å². The molecule has 25 heavy (non-hydrogen) atoms. The van der Waals surface area contributed by atoms with Gasteiger partial charge in [-0.05, 0) is 69.1 Å². The van der Waals surface area contributed by atoms with Crippen molar-refractivity contribution in [3.05, 3.63) is 53.5 Å². The zero-order valence-corrected chi connectivity index (χ0v) is 14.5. The number of ketones is 1. The van der Waals surface area contributed by atoms with Crippen molar-refractivity contribution in [3.8, 4) is 0 Å². The van der Waals surface area contributed by atoms with Gasteiger partial charge < -0.3 is 14.4 Å². The van der Waals surface area contributed by atoms with Crippen molar-refractivity contribution in [3.63, 3.8) is 0 Å². The summed E-state index contributed by atoms with van der Waals surface area (Å²) in [6, 6.07) is 6.02. The van der Waals surface area contributed by atoms with Gasteiger partial charge in [0.25, 0.3) is 0 Å². The van der Waals surface area contributed by atoms with Crippen LogP contribution in [-0.2, 0) is 6.42 Å². The highest BCUT2D eigenvalue weighted by molar-refractivity contribution is 6.00. The molecular weight excluding hydrogens is 314 g/mol. The summed E-state index contributed by atoms with van der Waals surface area (Å²) in [4.78, 5) is 18.3. The van der Waals surface area contributed by atoms with Gasteiger partial charge in [0.2, 0.25) is 0 Å². The van der Waals surface area contributed by atoms with E-state index < -0.39 is 0 Å². The molecule has 0 aliphatic carbocycles. The van der Waals surface area contributed by atoms with Gasteiger partial charge in [0.1, 0.15) is 6.26 Å². The zero-order chi connectivity index (χ0) is 17.2. The van der Waals surface area contributed by atoms with Crippen molar-refractivity contribution >= 4 is 16.7 Å². The van der Waals surface area contributed by atoms with Crippen molar-refractivity contribution < 1.29 is 9.32 Å². The highest BCUT2D eigenvalue weighted by atomic mass is 16.5. The predicted octanol–water partition coefficient (Wildman–Crippen LogP) is 3.78. The summed E-state index contributed by atoms with van der Waals surface area (Å²) in [5, 5.41) is 4.88. The second-order valence-corrected chi connectivity index (χ2v) is 7.04. The van der Waals surface area contributed by atoms with Gasteiger partial charge in [0.15, 0.2) is 5.78 Å². The second kappa shape index (κ2) is 6.84. The van der Waals surface area contributed by atoms with Gasteiger partial charge in [-0.2, -0.15) is 0 Å². The lowest BCUT2D eigenvalue weighted by Crippen LogP contribution is -2.29. The van der Waals surface area contributed by atoms with Crippen molar-refractivity contribution in [2.75, 3.05) is 20.1 Å². The maximum absolute atomic E-state index is 12.6. The Hall–Kier alpha value is -2.40. The molecule has 3 aromatic rings. The molecule has 0 bridgehead atoms. The third-order valence-corrected chi connectivity index (χ3v) is 5.32. The molecule has 1 saturated heterocycles. The molecule has 5 heteroatoms. The highest BCUT2D eigenvalue weighted by Gasteiger charge is 2.21. The number of aryl methyl sites for hydroxylation is 1. The van der Waals surface area contributed by atoms with Gasteiger partial charge in [-0.3, -0.25) is 4.79 Å². The average molecular weight is 337 g/mol. The molecule has 1 aliphatic rings. The molecule has 1 aromatic carbocycles. The van der Waals surface area contributed by atoms with E-state index in [9.17, 15) is 4.79 Å². The van der Waals surface area contributed by atoms with Gasteiger partial charge >= 0.3 is 0 Å². The molecular formula is C20H23N3O2. The summed E-state index contributed by atoms with van der Waals surface area (Å²) in [5.41, 5.74) is 4.22. The second-order valence-electron chi connectivity index (χ2n) is 7.04. The Balaban J connectivity index is 1.54. The van der Waals surface area contributed by atoms with Gasteiger partial charge in [-0.25, -0.2) is 0 Å². The maximum Gasteiger partial charge on any atom is 0.163 e. The number of aromatic amines is 1. The molecule has 1 aliphatic heterocycles. The fourth-order valence-electron chi connectivity index (χ4n) is 3.73. The Kier molecular flexibility index (Phi) is 4.40. The smallest absolute Gasteiger partial charge is 0.163 e. The fourth-order valence-corrected chi connectivity index (χ4v) is 3.73. The summed E-state index contributed by atoms with van der Waals surface area (Å²) < 4.78 is 4.82. The highest BCUT2D eigenvalue weighted by Crippen LogP contribution is 2.33. The number of nitrogens with one attached hydrogen (secondary N) is 1. The number of carbonyl (C=O) groups is 1. The summed E-state index contributed by atoms with van der Waals surface area (Å²) in [7, 11) is 2.18. The number of piperidine rings is 1. The van der Waals surface area contributed by atoms with Gasteiger partial charge in [0.05, 0.1) is 6.20 Å². The molecule has 4 rings (SSSR count). The molecule has 0 saturated carbocycles. The standard InChI is InChI=1S/C20H23N3O2/c1-23-8-6-15(7-9-23)18-12-21-19-4-3-16(10-17(18)19)20(24)5-2-14-11-22-25-13-14/h3-4,10-13,15,21H,2,5-9H2,1H3. The normalized spacial score (nSPS) is 16.5. The predicted molar refractivity (Wildman–Crippen MR) is 96.9 cm³/mol. The minimum atomic E-state index is 0.165. The minimum absolute atomic E-state index is 0.165. The first-order valence-corrected chi connectivity index (χ1v) is 8.92. The van der Waals surface area contributed by atoms with Gasteiger partial charge in [-0.15, -0.1) is 0 Å². The number of carbonyl (C=O) groups excluding carboxylic acids is 1. The molecule has 5 nitrogen and oxygen atoms in total. The lowest BCUT2D eigenvalue weighted by atomic mass is 9.89. The van der Waals surface area contributed by atoms with E-state index in [0.29, 0.717) is 18.8 Å². The summed E-state index contributed by atoms with van der Waals surface area (Å²) in [6.07, 6.45) is 8.88. The number of likely N-dealkylation sites (tertiary alicyclic amines) is 1. The number of H-pyrrole nitrogens is 1. The number of Topliss-reactive ketones (excluding diaryl/α,β-unsaturated/α-hetero) is 1. The van der Waals surface area contributed by atoms with Crippen LogP contribution in [0, 0.1) is 0 Å². The lowest BCUT2D eigenvalue weighted by Gasteiger charge is -2.28. The average Bonchev–Trinajstić information content (AvgIpc) is 3.29. The SMILES string of the molecule is CN1CCC(c2c[nH]c3ccc(C(=O)CCc4cnoc4)cc23)CC1. The fraction of sp³-hybridized carbons (Fsp3) is 0.400. The molecule has 0 radical (unpaired) electrons. The number of aromatic nitrogens is 2. The van der Waals surface area contributed by atoms with E-state index in [1.807, 2.05) is 12.1 Å². The monoisotopic (exact) mass is 337 g/mol. The third-order valence-electron chi connectivity index (χ3n) is 5.32. The van der Waals surface area contributed by atoms with E-state index in [2.05, 4.69) is 34.4 Å². The van der Waals surface area contributed by atoms with Crippen LogP contribution in [0.1, 0.15) is 46.7 Å². The number of hydrogen-bond donors (Lipinski definition) is 1. The quantitative estimate of drug-likeness (QED) is 0.720. The molecule has 1 N–H and O–H groups in total. The molecule has 0 unspecified atom stereocenters. The summed E-state index contributed by atoms with van der Waals surface area (Å²) in [6.45, 7) is 2.27. The van der Waals surface area contributed by atoms with Crippen molar-refractivity contribution in [2.24, 2.45) is 0 Å². The van der Waals surface area contributed by atoms with Crippen molar-refractivity contribution in [1.82, 2.24) is 15.0 Å². The molecule has 130 valence electrons. The number of fused-ring (bicyclic) bond motifs is 1. The molecule has 0 spiro atoms. The first kappa shape index (κ1) is 16.1. The molecule has 2 aromatic heterocycles. The van der Waals surface area contributed by atoms with E-state index in [1.165, 1.54) is 23.8 Å². The van der Waals surface area contributed by atoms with Gasteiger partial charge in [-0.1, -0.05) is 5.16 Å². The van der Waals surface area contributed by atoms with Crippen LogP contribution in [-0.4, -0.2) is 41.0 Å². The Labute approximate surface area is 147 Å². The van der Waals surface area contributed by atoms with Crippen LogP contribution in [0.2, 0.25) is 0 Å². The first-order chi connectivity index (χ1) is 12.2. The Bertz CT molecular complexity index is 858. The molecule has 0 amide bonds. The zero-order valence-electron chi connectivity index (χ0n) is 14.5. The van der Waals surface area contributed by atoms with Crippen LogP contribution in [0.25, 0.3) is 10.9 Å². The van der Waals surface area contributed by atoms with E-state index in [1.54, 1.807) is 12.5 Å². The van der Waals surface area contributed by atoms with E-state index in [-0.39, 0.29) is 5.78 Å². The minimum Gasteiger partial charge on any atom is -0.364 e. The van der Waals surface area contributed by atoms with Crippen molar-refractivity contribution in [1.29, 1.82) is 0 Å². The van der Waals surface area contributed by atoms with Gasteiger partial charge in [0, 0.05) is 34.6 Å². The number of rotatable bonds is 5. The number of nitrogens with zero attached hydrogens (tertiary/aromatic N) is 2. The van der Waals surface area contributed by atoms with Crippen LogP contribution in [0.3, 0.4) is 0 Å². The van der Waals surface area contributed by atoms with Crippen LogP contribution in [0.4, 0.5) is 0 Å². The van der Waals surface area contributed by atoms with Crippen LogP contribution < -0.4 is 0 Å². The first-order valence-electron chi connectivity index (χ1n) is 8.92. The maximum atomic E-state index is 12.6. The van der Waals surface area contributed by atoms with E-state index in [0.717, 1.165) is 29.7 Å². The van der Waals surface area contributed by atoms with Crippen LogP contribution in [0.5, 0.6) is 0 Å². The Morgan fingerprint density at radius 2 is 2.20 bits per heavy atom. The van der Waals surface area contributed by atoms with E-state index >= 15 is 0 Å². The molecule has 3 heterocycles. The Morgan fingerprint density at radius 1 is 1.36 bits per heavy atom. The number of benzene rings is 1. The lowest BCUT2D eigenvalue weighted by molar-refractivity contribution is 0.0983. The Morgan fingerprint density at radius 3 is 2.96 bits per heavy atom. The summed E-state index contributed by atoms with van der Waals surface area (Å²) in [5.74, 6) is 0.742. The third kappa shape index (κ3) is 3.37. The van der Waals surface area contributed by atoms with Crippen LogP contribution in [0.15, 0.2) is 41.4 Å². The van der Waals surface area contributed by atoms with Crippen molar-refractivity contribution in [2.45, 2.75) is 31.6 Å².